The van der Waals surface area contributed by atoms with Crippen LogP contribution in [0, 0.1) is 5.92 Å². The molecule has 1 amide bonds. The van der Waals surface area contributed by atoms with E-state index in [9.17, 15) is 9.90 Å². The summed E-state index contributed by atoms with van der Waals surface area (Å²) in [6, 6.07) is 13.7. The number of aliphatic hydroxyl groups is 1. The Kier molecular flexibility index (Phi) is 5.59. The predicted octanol–water partition coefficient (Wildman–Crippen LogP) is 1.51. The van der Waals surface area contributed by atoms with Crippen LogP contribution in [0.1, 0.15) is 16.1 Å². The molecule has 1 aromatic carbocycles. The van der Waals surface area contributed by atoms with E-state index < -0.39 is 6.10 Å². The predicted molar refractivity (Wildman–Crippen MR) is 109 cm³/mol. The van der Waals surface area contributed by atoms with Crippen molar-refractivity contribution >= 4 is 11.6 Å². The van der Waals surface area contributed by atoms with Crippen LogP contribution in [-0.2, 0) is 6.42 Å². The molecule has 0 radical (unpaired) electrons. The van der Waals surface area contributed by atoms with Crippen LogP contribution in [0.25, 0.3) is 0 Å². The summed E-state index contributed by atoms with van der Waals surface area (Å²) in [5.74, 6) is 0.0240. The van der Waals surface area contributed by atoms with E-state index in [1.54, 1.807) is 11.1 Å². The summed E-state index contributed by atoms with van der Waals surface area (Å²) in [6.45, 7) is 5.09. The average Bonchev–Trinajstić information content (AvgIpc) is 3.09. The first kappa shape index (κ1) is 18.9. The molecule has 6 nitrogen and oxygen atoms in total. The van der Waals surface area contributed by atoms with Crippen LogP contribution in [0.3, 0.4) is 0 Å². The van der Waals surface area contributed by atoms with Crippen molar-refractivity contribution in [2.45, 2.75) is 12.5 Å². The minimum atomic E-state index is -0.504. The third kappa shape index (κ3) is 4.18. The highest BCUT2D eigenvalue weighted by Crippen LogP contribution is 2.24. The highest BCUT2D eigenvalue weighted by Gasteiger charge is 2.34. The summed E-state index contributed by atoms with van der Waals surface area (Å²) in [5.41, 5.74) is 2.81. The van der Waals surface area contributed by atoms with E-state index >= 15 is 0 Å². The first-order valence-electron chi connectivity index (χ1n) is 10.0. The molecule has 148 valence electrons. The van der Waals surface area contributed by atoms with Gasteiger partial charge in [-0.25, -0.2) is 0 Å². The van der Waals surface area contributed by atoms with E-state index in [1.807, 2.05) is 42.5 Å². The molecule has 2 fully saturated rings. The third-order valence-electron chi connectivity index (χ3n) is 5.87. The summed E-state index contributed by atoms with van der Waals surface area (Å²) in [5, 5.41) is 10.4. The van der Waals surface area contributed by atoms with Gasteiger partial charge in [0.2, 0.25) is 0 Å². The standard InChI is InChI=1S/C22H28N4O2/c1-24-10-12-25(13-11-24)20-7-5-17(6-8-20)22(28)26-15-18(21(27)16-26)14-19-4-2-3-9-23-19/h2-9,18,21,27H,10-16H2,1H3. The molecule has 2 atom stereocenters. The van der Waals surface area contributed by atoms with Gasteiger partial charge in [-0.1, -0.05) is 6.07 Å². The number of amides is 1. The van der Waals surface area contributed by atoms with Crippen LogP contribution in [0.2, 0.25) is 0 Å². The number of anilines is 1. The summed E-state index contributed by atoms with van der Waals surface area (Å²) >= 11 is 0. The van der Waals surface area contributed by atoms with Crippen molar-refractivity contribution in [2.75, 3.05) is 51.2 Å². The Bertz CT molecular complexity index is 788. The van der Waals surface area contributed by atoms with Crippen LogP contribution >= 0.6 is 0 Å². The molecule has 2 unspecified atom stereocenters. The molecule has 0 aliphatic carbocycles. The number of likely N-dealkylation sites (tertiary alicyclic amines) is 1. The normalized spacial score (nSPS) is 23.2. The molecule has 2 aromatic rings. The third-order valence-corrected chi connectivity index (χ3v) is 5.87. The fourth-order valence-corrected chi connectivity index (χ4v) is 4.07. The highest BCUT2D eigenvalue weighted by atomic mass is 16.3. The Morgan fingerprint density at radius 1 is 1.07 bits per heavy atom. The van der Waals surface area contributed by atoms with E-state index in [0.717, 1.165) is 31.9 Å². The molecule has 0 bridgehead atoms. The monoisotopic (exact) mass is 380 g/mol. The molecule has 0 spiro atoms. The Hall–Kier alpha value is -2.44. The molecule has 28 heavy (non-hydrogen) atoms. The number of hydrogen-bond acceptors (Lipinski definition) is 5. The number of nitrogens with zero attached hydrogens (tertiary/aromatic N) is 4. The highest BCUT2D eigenvalue weighted by molar-refractivity contribution is 5.94. The lowest BCUT2D eigenvalue weighted by Crippen LogP contribution is -2.44. The number of aliphatic hydroxyl groups excluding tert-OH is 1. The number of hydrogen-bond donors (Lipinski definition) is 1. The lowest BCUT2D eigenvalue weighted by Gasteiger charge is -2.34. The van der Waals surface area contributed by atoms with Gasteiger partial charge >= 0.3 is 0 Å². The molecule has 2 aliphatic heterocycles. The quantitative estimate of drug-likeness (QED) is 0.871. The van der Waals surface area contributed by atoms with Crippen LogP contribution in [0.4, 0.5) is 5.69 Å². The van der Waals surface area contributed by atoms with Crippen molar-refractivity contribution in [3.63, 3.8) is 0 Å². The van der Waals surface area contributed by atoms with Gasteiger partial charge < -0.3 is 19.8 Å². The van der Waals surface area contributed by atoms with Crippen molar-refractivity contribution in [3.05, 3.63) is 59.9 Å². The van der Waals surface area contributed by atoms with Gasteiger partial charge in [-0.3, -0.25) is 9.78 Å². The molecule has 4 rings (SSSR count). The van der Waals surface area contributed by atoms with Crippen LogP contribution in [0.15, 0.2) is 48.7 Å². The van der Waals surface area contributed by atoms with Gasteiger partial charge in [0.05, 0.1) is 6.10 Å². The molecule has 0 saturated carbocycles. The van der Waals surface area contributed by atoms with E-state index in [4.69, 9.17) is 0 Å². The molecular weight excluding hydrogens is 352 g/mol. The van der Waals surface area contributed by atoms with Gasteiger partial charge in [0, 0.05) is 68.3 Å². The fraction of sp³-hybridized carbons (Fsp3) is 0.455. The topological polar surface area (TPSA) is 59.9 Å². The zero-order chi connectivity index (χ0) is 19.5. The number of carbonyl (C=O) groups is 1. The SMILES string of the molecule is CN1CCN(c2ccc(C(=O)N3CC(O)C(Cc4ccccn4)C3)cc2)CC1. The smallest absolute Gasteiger partial charge is 0.253 e. The second-order valence-electron chi connectivity index (χ2n) is 7.90. The lowest BCUT2D eigenvalue weighted by atomic mass is 10.00. The molecule has 1 N–H and O–H groups in total. The maximum Gasteiger partial charge on any atom is 0.253 e. The van der Waals surface area contributed by atoms with E-state index in [0.29, 0.717) is 25.1 Å². The van der Waals surface area contributed by atoms with Gasteiger partial charge in [-0.2, -0.15) is 0 Å². The number of pyridine rings is 1. The number of aromatic nitrogens is 1. The van der Waals surface area contributed by atoms with Crippen LogP contribution < -0.4 is 4.90 Å². The first-order valence-corrected chi connectivity index (χ1v) is 10.0. The van der Waals surface area contributed by atoms with Crippen molar-refractivity contribution in [2.24, 2.45) is 5.92 Å². The summed E-state index contributed by atoms with van der Waals surface area (Å²) in [6.07, 6.45) is 1.95. The maximum absolute atomic E-state index is 12.9. The maximum atomic E-state index is 12.9. The van der Waals surface area contributed by atoms with E-state index in [1.165, 1.54) is 5.69 Å². The Morgan fingerprint density at radius 3 is 2.50 bits per heavy atom. The second-order valence-corrected chi connectivity index (χ2v) is 7.90. The van der Waals surface area contributed by atoms with Crippen LogP contribution in [0.5, 0.6) is 0 Å². The van der Waals surface area contributed by atoms with Crippen molar-refractivity contribution < 1.29 is 9.90 Å². The molecular formula is C22H28N4O2. The molecule has 2 saturated heterocycles. The molecule has 3 heterocycles. The summed E-state index contributed by atoms with van der Waals surface area (Å²) in [4.78, 5) is 23.7. The van der Waals surface area contributed by atoms with Crippen LogP contribution in [-0.4, -0.2) is 78.2 Å². The minimum absolute atomic E-state index is 0.00695. The fourth-order valence-electron chi connectivity index (χ4n) is 4.07. The number of rotatable bonds is 4. The minimum Gasteiger partial charge on any atom is -0.391 e. The number of benzene rings is 1. The molecule has 1 aromatic heterocycles. The van der Waals surface area contributed by atoms with Crippen molar-refractivity contribution in [1.82, 2.24) is 14.8 Å². The van der Waals surface area contributed by atoms with Gasteiger partial charge in [0.25, 0.3) is 5.91 Å². The Labute approximate surface area is 166 Å². The van der Waals surface area contributed by atoms with Gasteiger partial charge in [0.1, 0.15) is 0 Å². The molecule has 6 heteroatoms. The molecule has 2 aliphatic rings. The number of likely N-dealkylation sites (N-methyl/N-ethyl adjacent to an activating group) is 1. The van der Waals surface area contributed by atoms with E-state index in [-0.39, 0.29) is 11.8 Å². The Morgan fingerprint density at radius 2 is 1.82 bits per heavy atom. The lowest BCUT2D eigenvalue weighted by molar-refractivity contribution is 0.0764. The van der Waals surface area contributed by atoms with Crippen molar-refractivity contribution in [1.29, 1.82) is 0 Å². The number of carbonyl (C=O) groups excluding carboxylic acids is 1. The van der Waals surface area contributed by atoms with E-state index in [2.05, 4.69) is 21.8 Å². The first-order chi connectivity index (χ1) is 13.6. The van der Waals surface area contributed by atoms with Gasteiger partial charge in [0.15, 0.2) is 0 Å². The Balaban J connectivity index is 1.38. The zero-order valence-electron chi connectivity index (χ0n) is 16.4. The second kappa shape index (κ2) is 8.29. The zero-order valence-corrected chi connectivity index (χ0v) is 16.4. The number of piperazine rings is 1. The van der Waals surface area contributed by atoms with Gasteiger partial charge in [-0.15, -0.1) is 0 Å². The van der Waals surface area contributed by atoms with Crippen molar-refractivity contribution in [3.8, 4) is 0 Å². The largest absolute Gasteiger partial charge is 0.391 e. The summed E-state index contributed by atoms with van der Waals surface area (Å²) in [7, 11) is 2.14. The number of β-amino-alcohol motifs (C(OH)–C–C–N with tert-alkyl or cyclic N) is 1. The van der Waals surface area contributed by atoms with Gasteiger partial charge in [-0.05, 0) is 49.9 Å². The average molecular weight is 380 g/mol. The summed E-state index contributed by atoms with van der Waals surface area (Å²) < 4.78 is 0.